The molecular weight excluding hydrogens is 481 g/mol. The fourth-order valence-electron chi connectivity index (χ4n) is 3.86. The molecule has 8 nitrogen and oxygen atoms in total. The van der Waals surface area contributed by atoms with Crippen LogP contribution in [-0.4, -0.2) is 20.3 Å². The number of nitrogens with zero attached hydrogens (tertiary/aromatic N) is 4. The van der Waals surface area contributed by atoms with Crippen LogP contribution in [-0.2, 0) is 7.05 Å². The van der Waals surface area contributed by atoms with Crippen LogP contribution in [0, 0.1) is 24.1 Å². The number of fused-ring (bicyclic) bond motifs is 1. The summed E-state index contributed by atoms with van der Waals surface area (Å²) in [5, 5.41) is 13.8. The standard InChI is InChI=1S/C26H18FN5O3S/c1-15-22(26(34)32(31(15)2)18-6-4-3-5-7-18)25(33)30-17-8-9-21(19(27)12-17)35-23-16(13-28)14-29-20-10-11-36-24(20)23/h3-12,14H,1-2H3,(H,30,33). The largest absolute Gasteiger partial charge is 0.451 e. The maximum atomic E-state index is 15.0. The highest BCUT2D eigenvalue weighted by Crippen LogP contribution is 2.36. The molecule has 0 aliphatic heterocycles. The van der Waals surface area contributed by atoms with E-state index >= 15 is 0 Å². The Morgan fingerprint density at radius 2 is 1.97 bits per heavy atom. The normalized spacial score (nSPS) is 10.8. The Morgan fingerprint density at radius 3 is 2.69 bits per heavy atom. The van der Waals surface area contributed by atoms with Crippen molar-refractivity contribution in [1.29, 1.82) is 5.26 Å². The van der Waals surface area contributed by atoms with E-state index in [2.05, 4.69) is 10.3 Å². The van der Waals surface area contributed by atoms with E-state index in [1.54, 1.807) is 54.4 Å². The summed E-state index contributed by atoms with van der Waals surface area (Å²) in [6.07, 6.45) is 1.38. The molecule has 0 fully saturated rings. The van der Waals surface area contributed by atoms with Crippen molar-refractivity contribution < 1.29 is 13.9 Å². The molecule has 5 aromatic rings. The zero-order valence-electron chi connectivity index (χ0n) is 19.2. The van der Waals surface area contributed by atoms with Crippen molar-refractivity contribution in [3.63, 3.8) is 0 Å². The van der Waals surface area contributed by atoms with E-state index in [0.29, 0.717) is 21.6 Å². The van der Waals surface area contributed by atoms with Crippen LogP contribution in [0.5, 0.6) is 11.5 Å². The van der Waals surface area contributed by atoms with Gasteiger partial charge in [-0.2, -0.15) is 5.26 Å². The minimum absolute atomic E-state index is 0.0439. The second kappa shape index (κ2) is 9.13. The predicted molar refractivity (Wildman–Crippen MR) is 135 cm³/mol. The molecule has 0 spiro atoms. The van der Waals surface area contributed by atoms with Crippen molar-refractivity contribution in [1.82, 2.24) is 14.3 Å². The molecule has 1 N–H and O–H groups in total. The Kier molecular flexibility index (Phi) is 5.83. The average molecular weight is 500 g/mol. The lowest BCUT2D eigenvalue weighted by Crippen LogP contribution is -2.25. The molecule has 0 saturated heterocycles. The molecule has 0 unspecified atom stereocenters. The molecule has 0 bridgehead atoms. The highest BCUT2D eigenvalue weighted by Gasteiger charge is 2.23. The van der Waals surface area contributed by atoms with Gasteiger partial charge in [-0.3, -0.25) is 19.3 Å². The first kappa shape index (κ1) is 23.0. The van der Waals surface area contributed by atoms with Gasteiger partial charge in [0, 0.05) is 25.0 Å². The summed E-state index contributed by atoms with van der Waals surface area (Å²) in [4.78, 5) is 30.3. The molecule has 3 heterocycles. The zero-order valence-corrected chi connectivity index (χ0v) is 20.0. The number of para-hydroxylation sites is 1. The summed E-state index contributed by atoms with van der Waals surface area (Å²) in [5.74, 6) is -1.30. The molecule has 3 aromatic heterocycles. The van der Waals surface area contributed by atoms with Crippen molar-refractivity contribution in [2.24, 2.45) is 7.05 Å². The van der Waals surface area contributed by atoms with Gasteiger partial charge in [-0.05, 0) is 42.6 Å². The van der Waals surface area contributed by atoms with Gasteiger partial charge < -0.3 is 10.1 Å². The molecule has 5 rings (SSSR count). The van der Waals surface area contributed by atoms with Crippen molar-refractivity contribution >= 4 is 33.1 Å². The van der Waals surface area contributed by atoms with E-state index in [9.17, 15) is 19.2 Å². The number of pyridine rings is 1. The number of halogens is 1. The number of amides is 1. The minimum Gasteiger partial charge on any atom is -0.451 e. The van der Waals surface area contributed by atoms with Gasteiger partial charge in [0.25, 0.3) is 11.5 Å². The zero-order chi connectivity index (χ0) is 25.4. The van der Waals surface area contributed by atoms with Crippen LogP contribution >= 0.6 is 11.3 Å². The molecule has 10 heteroatoms. The maximum Gasteiger partial charge on any atom is 0.284 e. The Hall–Kier alpha value is -4.75. The lowest BCUT2D eigenvalue weighted by atomic mass is 10.2. The second-order valence-electron chi connectivity index (χ2n) is 7.89. The number of ether oxygens (including phenoxy) is 1. The Bertz CT molecular complexity index is 1730. The van der Waals surface area contributed by atoms with E-state index in [1.807, 2.05) is 12.1 Å². The number of hydrogen-bond donors (Lipinski definition) is 1. The molecule has 0 aliphatic rings. The molecule has 1 amide bonds. The summed E-state index contributed by atoms with van der Waals surface area (Å²) in [5.41, 5.74) is 1.51. The van der Waals surface area contributed by atoms with E-state index in [4.69, 9.17) is 4.74 Å². The Morgan fingerprint density at radius 1 is 1.19 bits per heavy atom. The van der Waals surface area contributed by atoms with Gasteiger partial charge in [-0.25, -0.2) is 9.07 Å². The monoisotopic (exact) mass is 499 g/mol. The van der Waals surface area contributed by atoms with Crippen LogP contribution in [0.25, 0.3) is 15.9 Å². The molecule has 0 radical (unpaired) electrons. The van der Waals surface area contributed by atoms with Crippen LogP contribution in [0.3, 0.4) is 0 Å². The van der Waals surface area contributed by atoms with Crippen molar-refractivity contribution in [2.45, 2.75) is 6.92 Å². The topological polar surface area (TPSA) is 102 Å². The number of carbonyl (C=O) groups is 1. The second-order valence-corrected chi connectivity index (χ2v) is 8.80. The summed E-state index contributed by atoms with van der Waals surface area (Å²) >= 11 is 1.33. The Balaban J connectivity index is 1.43. The number of aromatic nitrogens is 3. The van der Waals surface area contributed by atoms with Gasteiger partial charge in [0.15, 0.2) is 17.3 Å². The summed E-state index contributed by atoms with van der Waals surface area (Å²) in [6.45, 7) is 1.67. The molecule has 0 aliphatic carbocycles. The van der Waals surface area contributed by atoms with Crippen molar-refractivity contribution in [3.05, 3.63) is 99.2 Å². The molecular formula is C26H18FN5O3S. The first-order valence-corrected chi connectivity index (χ1v) is 11.7. The van der Waals surface area contributed by atoms with Gasteiger partial charge in [0.2, 0.25) is 0 Å². The van der Waals surface area contributed by atoms with E-state index in [-0.39, 0.29) is 28.3 Å². The fourth-order valence-corrected chi connectivity index (χ4v) is 4.70. The number of nitrogens with one attached hydrogen (secondary N) is 1. The smallest absolute Gasteiger partial charge is 0.284 e. The minimum atomic E-state index is -0.746. The predicted octanol–water partition coefficient (Wildman–Crippen LogP) is 5.15. The van der Waals surface area contributed by atoms with Gasteiger partial charge in [0.05, 0.1) is 21.6 Å². The average Bonchev–Trinajstić information content (AvgIpc) is 3.43. The van der Waals surface area contributed by atoms with Gasteiger partial charge in [-0.15, -0.1) is 11.3 Å². The van der Waals surface area contributed by atoms with Gasteiger partial charge >= 0.3 is 0 Å². The van der Waals surface area contributed by atoms with E-state index in [1.165, 1.54) is 34.3 Å². The summed E-state index contributed by atoms with van der Waals surface area (Å²) < 4.78 is 24.3. The number of carbonyl (C=O) groups excluding carboxylic acids is 1. The highest BCUT2D eigenvalue weighted by molar-refractivity contribution is 7.17. The third kappa shape index (κ3) is 3.91. The third-order valence-electron chi connectivity index (χ3n) is 5.73. The highest BCUT2D eigenvalue weighted by atomic mass is 32.1. The number of thiophene rings is 1. The number of nitriles is 1. The lowest BCUT2D eigenvalue weighted by Gasteiger charge is -2.11. The first-order chi connectivity index (χ1) is 17.4. The number of rotatable bonds is 5. The van der Waals surface area contributed by atoms with Gasteiger partial charge in [-0.1, -0.05) is 18.2 Å². The number of benzene rings is 2. The van der Waals surface area contributed by atoms with Gasteiger partial charge in [0.1, 0.15) is 17.2 Å². The van der Waals surface area contributed by atoms with Crippen molar-refractivity contribution in [2.75, 3.05) is 5.32 Å². The molecule has 36 heavy (non-hydrogen) atoms. The van der Waals surface area contributed by atoms with Crippen LogP contribution in [0.2, 0.25) is 0 Å². The number of hydrogen-bond acceptors (Lipinski definition) is 6. The molecule has 2 aromatic carbocycles. The van der Waals surface area contributed by atoms with E-state index < -0.39 is 17.3 Å². The Labute approximate surface area is 208 Å². The quantitative estimate of drug-likeness (QED) is 0.360. The summed E-state index contributed by atoms with van der Waals surface area (Å²) in [6, 6.07) is 16.7. The fraction of sp³-hybridized carbons (Fsp3) is 0.0769. The maximum absolute atomic E-state index is 15.0. The van der Waals surface area contributed by atoms with Crippen LogP contribution in [0.4, 0.5) is 10.1 Å². The SMILES string of the molecule is Cc1c(C(=O)Nc2ccc(Oc3c(C#N)cnc4ccsc34)c(F)c2)c(=O)n(-c2ccccc2)n1C. The van der Waals surface area contributed by atoms with E-state index in [0.717, 1.165) is 6.07 Å². The third-order valence-corrected chi connectivity index (χ3v) is 6.63. The number of anilines is 1. The van der Waals surface area contributed by atoms with Crippen LogP contribution in [0.1, 0.15) is 21.6 Å². The first-order valence-electron chi connectivity index (χ1n) is 10.8. The van der Waals surface area contributed by atoms with Crippen molar-refractivity contribution in [3.8, 4) is 23.3 Å². The molecule has 0 atom stereocenters. The molecule has 178 valence electrons. The summed E-state index contributed by atoms with van der Waals surface area (Å²) in [7, 11) is 1.69. The van der Waals surface area contributed by atoms with Crippen LogP contribution in [0.15, 0.2) is 71.0 Å². The van der Waals surface area contributed by atoms with Crippen LogP contribution < -0.4 is 15.6 Å². The molecule has 0 saturated carbocycles. The lowest BCUT2D eigenvalue weighted by molar-refractivity contribution is 0.102.